The first kappa shape index (κ1) is 15.5. The molecular weight excluding hydrogens is 324 g/mol. The number of aryl methyl sites for hydroxylation is 1. The number of rotatable bonds is 3. The lowest BCUT2D eigenvalue weighted by Crippen LogP contribution is -2.36. The number of hydrogen-bond acceptors (Lipinski definition) is 5. The SMILES string of the molecule is c1cc(-c2nc3c(c(N4CCCC(c5ncc[nH]5)C4)n2)CCC3)ccn1. The number of hydrogen-bond donors (Lipinski definition) is 1. The Morgan fingerprint density at radius 2 is 1.96 bits per heavy atom. The summed E-state index contributed by atoms with van der Waals surface area (Å²) in [6.07, 6.45) is 13.0. The van der Waals surface area contributed by atoms with Crippen LogP contribution in [0.2, 0.25) is 0 Å². The van der Waals surface area contributed by atoms with Crippen LogP contribution in [0.15, 0.2) is 36.9 Å². The van der Waals surface area contributed by atoms with Crippen LogP contribution >= 0.6 is 0 Å². The highest BCUT2D eigenvalue weighted by Crippen LogP contribution is 2.34. The van der Waals surface area contributed by atoms with Gasteiger partial charge in [-0.05, 0) is 44.2 Å². The monoisotopic (exact) mass is 346 g/mol. The summed E-state index contributed by atoms with van der Waals surface area (Å²) in [7, 11) is 0. The first-order valence-electron chi connectivity index (χ1n) is 9.43. The number of imidazole rings is 1. The van der Waals surface area contributed by atoms with Crippen LogP contribution in [0.25, 0.3) is 11.4 Å². The van der Waals surface area contributed by atoms with Gasteiger partial charge in [0.2, 0.25) is 0 Å². The molecular formula is C20H22N6. The predicted molar refractivity (Wildman–Crippen MR) is 100 cm³/mol. The van der Waals surface area contributed by atoms with E-state index >= 15 is 0 Å². The Kier molecular flexibility index (Phi) is 3.88. The van der Waals surface area contributed by atoms with Gasteiger partial charge in [0.15, 0.2) is 5.82 Å². The molecule has 1 aliphatic carbocycles. The van der Waals surface area contributed by atoms with Gasteiger partial charge >= 0.3 is 0 Å². The number of fused-ring (bicyclic) bond motifs is 1. The first-order chi connectivity index (χ1) is 12.9. The quantitative estimate of drug-likeness (QED) is 0.789. The molecule has 6 nitrogen and oxygen atoms in total. The van der Waals surface area contributed by atoms with Crippen molar-refractivity contribution in [3.05, 3.63) is 54.0 Å². The van der Waals surface area contributed by atoms with E-state index in [1.165, 1.54) is 24.1 Å². The lowest BCUT2D eigenvalue weighted by atomic mass is 9.97. The minimum atomic E-state index is 0.440. The fourth-order valence-electron chi connectivity index (χ4n) is 4.20. The second kappa shape index (κ2) is 6.52. The molecule has 1 atom stereocenters. The highest BCUT2D eigenvalue weighted by molar-refractivity contribution is 5.61. The number of nitrogens with one attached hydrogen (secondary N) is 1. The van der Waals surface area contributed by atoms with Crippen LogP contribution in [0.4, 0.5) is 5.82 Å². The van der Waals surface area contributed by atoms with Gasteiger partial charge in [-0.2, -0.15) is 0 Å². The maximum Gasteiger partial charge on any atom is 0.161 e. The normalized spacial score (nSPS) is 19.5. The Balaban J connectivity index is 1.52. The van der Waals surface area contributed by atoms with Gasteiger partial charge in [-0.15, -0.1) is 0 Å². The summed E-state index contributed by atoms with van der Waals surface area (Å²) in [5.41, 5.74) is 3.61. The van der Waals surface area contributed by atoms with Gasteiger partial charge in [0.05, 0.1) is 0 Å². The van der Waals surface area contributed by atoms with E-state index in [-0.39, 0.29) is 0 Å². The second-order valence-corrected chi connectivity index (χ2v) is 7.15. The number of aromatic nitrogens is 5. The largest absolute Gasteiger partial charge is 0.356 e. The minimum absolute atomic E-state index is 0.440. The Bertz CT molecular complexity index is 890. The number of H-pyrrole nitrogens is 1. The van der Waals surface area contributed by atoms with Gasteiger partial charge in [0, 0.05) is 60.6 Å². The Morgan fingerprint density at radius 1 is 1.04 bits per heavy atom. The van der Waals surface area contributed by atoms with Crippen molar-refractivity contribution in [2.45, 2.75) is 38.0 Å². The van der Waals surface area contributed by atoms with E-state index in [9.17, 15) is 0 Å². The van der Waals surface area contributed by atoms with E-state index in [0.29, 0.717) is 5.92 Å². The second-order valence-electron chi connectivity index (χ2n) is 7.15. The van der Waals surface area contributed by atoms with Crippen LogP contribution in [0.3, 0.4) is 0 Å². The van der Waals surface area contributed by atoms with Crippen LogP contribution in [0.5, 0.6) is 0 Å². The number of pyridine rings is 1. The smallest absolute Gasteiger partial charge is 0.161 e. The van der Waals surface area contributed by atoms with E-state index in [1.54, 1.807) is 12.4 Å². The molecule has 1 saturated heterocycles. The average molecular weight is 346 g/mol. The summed E-state index contributed by atoms with van der Waals surface area (Å²) in [6, 6.07) is 3.98. The molecule has 26 heavy (non-hydrogen) atoms. The summed E-state index contributed by atoms with van der Waals surface area (Å²) in [5.74, 6) is 3.49. The van der Waals surface area contributed by atoms with E-state index in [1.807, 2.05) is 24.5 Å². The van der Waals surface area contributed by atoms with E-state index in [2.05, 4.69) is 19.9 Å². The molecule has 3 aromatic heterocycles. The number of anilines is 1. The molecule has 0 saturated carbocycles. The standard InChI is InChI=1S/C20H22N6/c1-4-16-17(5-1)24-19(14-6-8-21-9-7-14)25-20(16)26-12-2-3-15(13-26)18-22-10-11-23-18/h6-11,15H,1-5,12-13H2,(H,22,23). The maximum absolute atomic E-state index is 5.01. The Morgan fingerprint density at radius 3 is 2.81 bits per heavy atom. The highest BCUT2D eigenvalue weighted by Gasteiger charge is 2.28. The molecule has 2 aliphatic rings. The van der Waals surface area contributed by atoms with Crippen LogP contribution in [-0.4, -0.2) is 38.0 Å². The van der Waals surface area contributed by atoms with Crippen molar-refractivity contribution in [3.63, 3.8) is 0 Å². The molecule has 6 heteroatoms. The van der Waals surface area contributed by atoms with Crippen LogP contribution < -0.4 is 4.90 Å². The minimum Gasteiger partial charge on any atom is -0.356 e. The van der Waals surface area contributed by atoms with E-state index in [0.717, 1.165) is 55.4 Å². The third kappa shape index (κ3) is 2.75. The molecule has 0 bridgehead atoms. The fourth-order valence-corrected chi connectivity index (χ4v) is 4.20. The third-order valence-corrected chi connectivity index (χ3v) is 5.48. The zero-order valence-corrected chi connectivity index (χ0v) is 14.7. The predicted octanol–water partition coefficient (Wildman–Crippen LogP) is 3.13. The summed E-state index contributed by atoms with van der Waals surface area (Å²) >= 11 is 0. The molecule has 0 radical (unpaired) electrons. The zero-order valence-electron chi connectivity index (χ0n) is 14.7. The molecule has 3 aromatic rings. The molecule has 0 amide bonds. The molecule has 4 heterocycles. The molecule has 0 aromatic carbocycles. The number of piperidine rings is 1. The van der Waals surface area contributed by atoms with Gasteiger partial charge in [0.1, 0.15) is 11.6 Å². The zero-order chi connectivity index (χ0) is 17.3. The molecule has 5 rings (SSSR count). The molecule has 1 aliphatic heterocycles. The van der Waals surface area contributed by atoms with Crippen molar-refractivity contribution in [1.82, 2.24) is 24.9 Å². The average Bonchev–Trinajstić information content (AvgIpc) is 3.40. The Labute approximate surface area is 152 Å². The van der Waals surface area contributed by atoms with Gasteiger partial charge in [-0.25, -0.2) is 15.0 Å². The lowest BCUT2D eigenvalue weighted by Gasteiger charge is -2.34. The van der Waals surface area contributed by atoms with Crippen molar-refractivity contribution < 1.29 is 0 Å². The van der Waals surface area contributed by atoms with Crippen LogP contribution in [0.1, 0.15) is 42.3 Å². The first-order valence-corrected chi connectivity index (χ1v) is 9.43. The van der Waals surface area contributed by atoms with Gasteiger partial charge < -0.3 is 9.88 Å². The highest BCUT2D eigenvalue weighted by atomic mass is 15.2. The van der Waals surface area contributed by atoms with Gasteiger partial charge in [-0.3, -0.25) is 4.98 Å². The third-order valence-electron chi connectivity index (χ3n) is 5.48. The van der Waals surface area contributed by atoms with Crippen LogP contribution in [0, 0.1) is 0 Å². The Hall–Kier alpha value is -2.76. The van der Waals surface area contributed by atoms with Crippen molar-refractivity contribution in [3.8, 4) is 11.4 Å². The summed E-state index contributed by atoms with van der Waals surface area (Å²) in [4.78, 5) is 24.2. The van der Waals surface area contributed by atoms with Crippen molar-refractivity contribution in [2.24, 2.45) is 0 Å². The fraction of sp³-hybridized carbons (Fsp3) is 0.400. The lowest BCUT2D eigenvalue weighted by molar-refractivity contribution is 0.490. The molecule has 0 spiro atoms. The van der Waals surface area contributed by atoms with Crippen molar-refractivity contribution in [1.29, 1.82) is 0 Å². The summed E-state index contributed by atoms with van der Waals surface area (Å²) < 4.78 is 0. The molecule has 1 unspecified atom stereocenters. The molecule has 132 valence electrons. The molecule has 1 fully saturated rings. The van der Waals surface area contributed by atoms with Crippen molar-refractivity contribution in [2.75, 3.05) is 18.0 Å². The number of aromatic amines is 1. The summed E-state index contributed by atoms with van der Waals surface area (Å²) in [6.45, 7) is 2.02. The number of nitrogens with zero attached hydrogens (tertiary/aromatic N) is 5. The van der Waals surface area contributed by atoms with Gasteiger partial charge in [0.25, 0.3) is 0 Å². The van der Waals surface area contributed by atoms with Crippen LogP contribution in [-0.2, 0) is 12.8 Å². The summed E-state index contributed by atoms with van der Waals surface area (Å²) in [5, 5.41) is 0. The van der Waals surface area contributed by atoms with E-state index < -0.39 is 0 Å². The van der Waals surface area contributed by atoms with E-state index in [4.69, 9.17) is 9.97 Å². The molecule has 1 N–H and O–H groups in total. The van der Waals surface area contributed by atoms with Crippen molar-refractivity contribution >= 4 is 5.82 Å². The van der Waals surface area contributed by atoms with Gasteiger partial charge in [-0.1, -0.05) is 0 Å². The topological polar surface area (TPSA) is 70.6 Å². The maximum atomic E-state index is 5.01.